The number of aliphatic hydroxyl groups is 1. The van der Waals surface area contributed by atoms with E-state index in [4.69, 9.17) is 0 Å². The minimum atomic E-state index is -0.166. The third-order valence-corrected chi connectivity index (χ3v) is 4.24. The molecule has 0 saturated carbocycles. The molecule has 2 rings (SSSR count). The summed E-state index contributed by atoms with van der Waals surface area (Å²) in [5, 5.41) is 23.0. The van der Waals surface area contributed by atoms with Crippen LogP contribution in [0.5, 0.6) is 5.75 Å². The highest BCUT2D eigenvalue weighted by Crippen LogP contribution is 2.37. The molecule has 6 heteroatoms. The fourth-order valence-corrected chi connectivity index (χ4v) is 3.50. The molecule has 1 aliphatic rings. The maximum absolute atomic E-state index is 10.1. The van der Waals surface area contributed by atoms with E-state index >= 15 is 0 Å². The second-order valence-corrected chi connectivity index (χ2v) is 6.08. The lowest BCUT2D eigenvalue weighted by Crippen LogP contribution is -2.46. The number of phenols is 1. The molecule has 1 aromatic rings. The Hall–Kier alpha value is -0.140. The largest absolute Gasteiger partial charge is 0.506 e. The number of aromatic hydroxyl groups is 1. The fourth-order valence-electron chi connectivity index (χ4n) is 2.24. The van der Waals surface area contributed by atoms with Gasteiger partial charge in [0.05, 0.1) is 17.1 Å². The molecule has 0 amide bonds. The molecule has 1 aliphatic heterocycles. The molecule has 1 heterocycles. The third-order valence-electron chi connectivity index (χ3n) is 3.18. The van der Waals surface area contributed by atoms with E-state index in [0.717, 1.165) is 36.2 Å². The van der Waals surface area contributed by atoms with Crippen molar-refractivity contribution >= 4 is 31.9 Å². The summed E-state index contributed by atoms with van der Waals surface area (Å²) in [4.78, 5) is 2.18. The molecule has 0 radical (unpaired) electrons. The lowest BCUT2D eigenvalue weighted by molar-refractivity contribution is 0.109. The SMILES string of the molecule is OC[C@@H](c1cc(Br)cc(Br)c1O)N1CCNCC1. The van der Waals surface area contributed by atoms with Gasteiger partial charge in [0, 0.05) is 36.2 Å². The van der Waals surface area contributed by atoms with Crippen molar-refractivity contribution in [2.45, 2.75) is 6.04 Å². The van der Waals surface area contributed by atoms with Gasteiger partial charge in [0.2, 0.25) is 0 Å². The second-order valence-electron chi connectivity index (χ2n) is 4.31. The lowest BCUT2D eigenvalue weighted by atomic mass is 10.0. The molecule has 0 spiro atoms. The molecule has 1 aromatic carbocycles. The zero-order valence-electron chi connectivity index (χ0n) is 9.87. The van der Waals surface area contributed by atoms with E-state index in [9.17, 15) is 10.2 Å². The van der Waals surface area contributed by atoms with Gasteiger partial charge in [-0.3, -0.25) is 4.90 Å². The van der Waals surface area contributed by atoms with Crippen molar-refractivity contribution < 1.29 is 10.2 Å². The van der Waals surface area contributed by atoms with Crippen LogP contribution in [0.1, 0.15) is 11.6 Å². The molecule has 0 aliphatic carbocycles. The Balaban J connectivity index is 2.31. The first kappa shape index (κ1) is 14.3. The molecule has 3 N–H and O–H groups in total. The van der Waals surface area contributed by atoms with Gasteiger partial charge < -0.3 is 15.5 Å². The van der Waals surface area contributed by atoms with E-state index in [1.165, 1.54) is 0 Å². The molecule has 0 aromatic heterocycles. The summed E-state index contributed by atoms with van der Waals surface area (Å²) in [5.41, 5.74) is 0.751. The molecule has 1 fully saturated rings. The monoisotopic (exact) mass is 378 g/mol. The Kier molecular flexibility index (Phi) is 5.03. The van der Waals surface area contributed by atoms with Gasteiger partial charge in [-0.1, -0.05) is 15.9 Å². The molecule has 0 bridgehead atoms. The molecule has 1 atom stereocenters. The van der Waals surface area contributed by atoms with Gasteiger partial charge in [0.25, 0.3) is 0 Å². The second kappa shape index (κ2) is 6.34. The molecule has 1 saturated heterocycles. The number of halogens is 2. The number of rotatable bonds is 3. The first-order valence-electron chi connectivity index (χ1n) is 5.87. The maximum atomic E-state index is 10.1. The van der Waals surface area contributed by atoms with Crippen molar-refractivity contribution in [1.29, 1.82) is 0 Å². The summed E-state index contributed by atoms with van der Waals surface area (Å²) in [7, 11) is 0. The molecule has 0 unspecified atom stereocenters. The van der Waals surface area contributed by atoms with Crippen molar-refractivity contribution in [2.75, 3.05) is 32.8 Å². The number of piperazine rings is 1. The van der Waals surface area contributed by atoms with Crippen LogP contribution < -0.4 is 5.32 Å². The van der Waals surface area contributed by atoms with Crippen LogP contribution in [-0.4, -0.2) is 47.9 Å². The Bertz CT molecular complexity index is 423. The summed E-state index contributed by atoms with van der Waals surface area (Å²) in [6, 6.07) is 3.49. The predicted molar refractivity (Wildman–Crippen MR) is 77.8 cm³/mol. The van der Waals surface area contributed by atoms with Crippen molar-refractivity contribution in [3.8, 4) is 5.75 Å². The van der Waals surface area contributed by atoms with E-state index in [-0.39, 0.29) is 18.4 Å². The highest BCUT2D eigenvalue weighted by Gasteiger charge is 2.25. The number of nitrogens with one attached hydrogen (secondary N) is 1. The van der Waals surface area contributed by atoms with E-state index in [2.05, 4.69) is 42.1 Å². The summed E-state index contributed by atoms with van der Waals surface area (Å²) >= 11 is 6.74. The maximum Gasteiger partial charge on any atom is 0.134 e. The topological polar surface area (TPSA) is 55.7 Å². The summed E-state index contributed by atoms with van der Waals surface area (Å²) < 4.78 is 1.52. The molecular formula is C12H16Br2N2O2. The van der Waals surface area contributed by atoms with Crippen LogP contribution in [0.4, 0.5) is 0 Å². The van der Waals surface area contributed by atoms with E-state index in [0.29, 0.717) is 4.47 Å². The van der Waals surface area contributed by atoms with Crippen LogP contribution in [0.25, 0.3) is 0 Å². The Labute approximate surface area is 123 Å². The Morgan fingerprint density at radius 2 is 1.94 bits per heavy atom. The van der Waals surface area contributed by atoms with Crippen LogP contribution >= 0.6 is 31.9 Å². The van der Waals surface area contributed by atoms with Gasteiger partial charge >= 0.3 is 0 Å². The lowest BCUT2D eigenvalue weighted by Gasteiger charge is -2.34. The van der Waals surface area contributed by atoms with Crippen LogP contribution in [0.15, 0.2) is 21.1 Å². The van der Waals surface area contributed by atoms with E-state index in [1.807, 2.05) is 6.07 Å². The van der Waals surface area contributed by atoms with Gasteiger partial charge in [-0.15, -0.1) is 0 Å². The number of phenolic OH excluding ortho intramolecular Hbond substituents is 1. The van der Waals surface area contributed by atoms with Crippen LogP contribution in [0.3, 0.4) is 0 Å². The minimum Gasteiger partial charge on any atom is -0.506 e. The van der Waals surface area contributed by atoms with Crippen molar-refractivity contribution in [2.24, 2.45) is 0 Å². The summed E-state index contributed by atoms with van der Waals surface area (Å²) in [5.74, 6) is 0.204. The standard InChI is InChI=1S/C12H16Br2N2O2/c13-8-5-9(12(18)10(14)6-8)11(7-17)16-3-1-15-2-4-16/h5-6,11,15,17-18H,1-4,7H2/t11-/m0/s1. The third kappa shape index (κ3) is 3.05. The number of aliphatic hydroxyl groups excluding tert-OH is 1. The molecule has 18 heavy (non-hydrogen) atoms. The highest BCUT2D eigenvalue weighted by molar-refractivity contribution is 9.11. The average molecular weight is 380 g/mol. The smallest absolute Gasteiger partial charge is 0.134 e. The van der Waals surface area contributed by atoms with Gasteiger partial charge in [-0.05, 0) is 28.1 Å². The predicted octanol–water partition coefficient (Wildman–Crippen LogP) is 1.86. The van der Waals surface area contributed by atoms with Crippen molar-refractivity contribution in [1.82, 2.24) is 10.2 Å². The van der Waals surface area contributed by atoms with Gasteiger partial charge in [0.1, 0.15) is 5.75 Å². The number of benzene rings is 1. The van der Waals surface area contributed by atoms with E-state index in [1.54, 1.807) is 6.07 Å². The fraction of sp³-hybridized carbons (Fsp3) is 0.500. The highest BCUT2D eigenvalue weighted by atomic mass is 79.9. The quantitative estimate of drug-likeness (QED) is 0.750. The first-order valence-corrected chi connectivity index (χ1v) is 7.45. The Morgan fingerprint density at radius 1 is 1.28 bits per heavy atom. The van der Waals surface area contributed by atoms with Crippen LogP contribution in [0.2, 0.25) is 0 Å². The zero-order chi connectivity index (χ0) is 13.1. The van der Waals surface area contributed by atoms with Crippen molar-refractivity contribution in [3.05, 3.63) is 26.6 Å². The zero-order valence-corrected chi connectivity index (χ0v) is 13.0. The normalized spacial score (nSPS) is 18.8. The van der Waals surface area contributed by atoms with Crippen LogP contribution in [0, 0.1) is 0 Å². The summed E-state index contributed by atoms with van der Waals surface area (Å²) in [6.07, 6.45) is 0. The molecule has 4 nitrogen and oxygen atoms in total. The number of nitrogens with zero attached hydrogens (tertiary/aromatic N) is 1. The number of hydrogen-bond acceptors (Lipinski definition) is 4. The molecular weight excluding hydrogens is 364 g/mol. The van der Waals surface area contributed by atoms with Gasteiger partial charge in [-0.2, -0.15) is 0 Å². The molecule has 100 valence electrons. The minimum absolute atomic E-state index is 0.00352. The summed E-state index contributed by atoms with van der Waals surface area (Å²) in [6.45, 7) is 3.55. The Morgan fingerprint density at radius 3 is 2.56 bits per heavy atom. The van der Waals surface area contributed by atoms with E-state index < -0.39 is 0 Å². The van der Waals surface area contributed by atoms with Crippen molar-refractivity contribution in [3.63, 3.8) is 0 Å². The average Bonchev–Trinajstić information content (AvgIpc) is 2.37. The van der Waals surface area contributed by atoms with Gasteiger partial charge in [-0.25, -0.2) is 0 Å². The first-order chi connectivity index (χ1) is 8.63. The number of hydrogen-bond donors (Lipinski definition) is 3. The van der Waals surface area contributed by atoms with Crippen LogP contribution in [-0.2, 0) is 0 Å². The van der Waals surface area contributed by atoms with Gasteiger partial charge in [0.15, 0.2) is 0 Å².